The van der Waals surface area contributed by atoms with Crippen molar-refractivity contribution in [3.8, 4) is 17.3 Å². The van der Waals surface area contributed by atoms with Crippen molar-refractivity contribution in [2.45, 2.75) is 38.0 Å². The van der Waals surface area contributed by atoms with Crippen molar-refractivity contribution in [3.05, 3.63) is 59.7 Å². The first-order valence-electron chi connectivity index (χ1n) is 12.2. The number of nitrogens with zero attached hydrogens (tertiary/aromatic N) is 6. The lowest BCUT2D eigenvalue weighted by Crippen LogP contribution is -2.36. The molecule has 0 bridgehead atoms. The van der Waals surface area contributed by atoms with Crippen LogP contribution < -0.4 is 10.6 Å². The predicted molar refractivity (Wildman–Crippen MR) is 137 cm³/mol. The van der Waals surface area contributed by atoms with E-state index < -0.39 is 11.7 Å². The molecule has 1 saturated heterocycles. The maximum absolute atomic E-state index is 13.3. The van der Waals surface area contributed by atoms with Gasteiger partial charge in [0.05, 0.1) is 29.1 Å². The lowest BCUT2D eigenvalue weighted by Gasteiger charge is -2.29. The summed E-state index contributed by atoms with van der Waals surface area (Å²) in [7, 11) is 2.12. The van der Waals surface area contributed by atoms with E-state index in [-0.39, 0.29) is 34.3 Å². The van der Waals surface area contributed by atoms with Crippen LogP contribution in [0.15, 0.2) is 43.0 Å². The van der Waals surface area contributed by atoms with Crippen molar-refractivity contribution in [2.75, 3.05) is 30.8 Å². The Kier molecular flexibility index (Phi) is 6.86. The highest BCUT2D eigenvalue weighted by atomic mass is 19.4. The van der Waals surface area contributed by atoms with Crippen molar-refractivity contribution in [1.82, 2.24) is 29.8 Å². The third-order valence-corrected chi connectivity index (χ3v) is 6.73. The molecule has 3 N–H and O–H groups in total. The molecule has 38 heavy (non-hydrogen) atoms. The maximum Gasteiger partial charge on any atom is 0.417 e. The Morgan fingerprint density at radius 2 is 1.92 bits per heavy atom. The number of rotatable bonds is 6. The van der Waals surface area contributed by atoms with Gasteiger partial charge in [0.1, 0.15) is 17.5 Å². The molecule has 1 aliphatic rings. The minimum Gasteiger partial charge on any atom is -0.367 e. The first kappa shape index (κ1) is 25.4. The normalized spacial score (nSPS) is 15.8. The average molecular weight is 522 g/mol. The molecule has 0 saturated carbocycles. The van der Waals surface area contributed by atoms with E-state index in [1.165, 1.54) is 12.4 Å². The van der Waals surface area contributed by atoms with Crippen LogP contribution in [0.5, 0.6) is 0 Å². The first-order valence-corrected chi connectivity index (χ1v) is 12.2. The Bertz CT molecular complexity index is 1470. The molecule has 1 aliphatic heterocycles. The molecule has 12 heteroatoms. The number of hydrogen-bond donors (Lipinski definition) is 3. The van der Waals surface area contributed by atoms with Gasteiger partial charge in [0.2, 0.25) is 5.95 Å². The second-order valence-electron chi connectivity index (χ2n) is 9.45. The molecule has 0 unspecified atom stereocenters. The molecule has 1 atom stereocenters. The summed E-state index contributed by atoms with van der Waals surface area (Å²) < 4.78 is 39.8. The molecule has 4 aromatic heterocycles. The Hall–Kier alpha value is -4.24. The highest BCUT2D eigenvalue weighted by Crippen LogP contribution is 2.35. The molecule has 0 aromatic carbocycles. The number of alkyl halides is 3. The van der Waals surface area contributed by atoms with Crippen LogP contribution in [0.3, 0.4) is 0 Å². The van der Waals surface area contributed by atoms with Gasteiger partial charge in [0.25, 0.3) is 0 Å². The molecule has 1 fully saturated rings. The third kappa shape index (κ3) is 5.38. The van der Waals surface area contributed by atoms with Crippen molar-refractivity contribution in [1.29, 1.82) is 5.26 Å². The van der Waals surface area contributed by atoms with E-state index in [9.17, 15) is 18.4 Å². The van der Waals surface area contributed by atoms with Gasteiger partial charge in [-0.3, -0.25) is 0 Å². The summed E-state index contributed by atoms with van der Waals surface area (Å²) in [6, 6.07) is 7.11. The van der Waals surface area contributed by atoms with Crippen molar-refractivity contribution < 1.29 is 13.2 Å². The monoisotopic (exact) mass is 521 g/mol. The van der Waals surface area contributed by atoms with Gasteiger partial charge < -0.3 is 20.5 Å². The molecule has 0 amide bonds. The molecular weight excluding hydrogens is 495 g/mol. The predicted octanol–water partition coefficient (Wildman–Crippen LogP) is 4.98. The van der Waals surface area contributed by atoms with Crippen LogP contribution in [-0.4, -0.2) is 56.0 Å². The molecule has 5 rings (SSSR count). The van der Waals surface area contributed by atoms with Crippen LogP contribution in [0.4, 0.5) is 24.9 Å². The minimum absolute atomic E-state index is 0.132. The number of nitrogens with one attached hydrogen (secondary N) is 3. The Morgan fingerprint density at radius 3 is 2.61 bits per heavy atom. The van der Waals surface area contributed by atoms with Crippen LogP contribution in [-0.2, 0) is 6.18 Å². The van der Waals surface area contributed by atoms with E-state index in [2.05, 4.69) is 47.5 Å². The molecule has 196 valence electrons. The van der Waals surface area contributed by atoms with E-state index in [0.29, 0.717) is 11.6 Å². The largest absolute Gasteiger partial charge is 0.417 e. The SMILES string of the molecule is C[C@@H](Nc1ncc(C#N)c(-c2c[nH]c3ncc(C(F)(F)F)cc23)n1)c1ccc(NC2CCN(C)CC2)nc1. The number of likely N-dealkylation sites (tertiary alicyclic amines) is 1. The minimum atomic E-state index is -4.55. The summed E-state index contributed by atoms with van der Waals surface area (Å²) in [6.07, 6.45) is 2.99. The summed E-state index contributed by atoms with van der Waals surface area (Å²) in [5, 5.41) is 16.5. The standard InChI is InChI=1S/C26H26F3N9/c1-15(16-3-4-22(31-11-16)36-19-5-7-38(2)8-6-19)35-25-34-12-17(10-30)23(37-25)21-14-33-24-20(21)9-18(13-32-24)26(27,28)29/h3-4,9,11-15,19H,5-8H2,1-2H3,(H,31,36)(H,32,33)(H,34,35,37)/t15-/m1/s1. The Balaban J connectivity index is 1.35. The number of hydrogen-bond acceptors (Lipinski definition) is 8. The van der Waals surface area contributed by atoms with Crippen molar-refractivity contribution in [3.63, 3.8) is 0 Å². The van der Waals surface area contributed by atoms with Crippen LogP contribution >= 0.6 is 0 Å². The number of piperidine rings is 1. The van der Waals surface area contributed by atoms with Gasteiger partial charge in [-0.05, 0) is 57.6 Å². The zero-order valence-corrected chi connectivity index (χ0v) is 20.8. The fourth-order valence-electron chi connectivity index (χ4n) is 4.48. The number of fused-ring (bicyclic) bond motifs is 1. The molecule has 5 heterocycles. The van der Waals surface area contributed by atoms with Gasteiger partial charge in [-0.25, -0.2) is 19.9 Å². The molecule has 0 aliphatic carbocycles. The van der Waals surface area contributed by atoms with Gasteiger partial charge >= 0.3 is 6.18 Å². The number of anilines is 2. The fraction of sp³-hybridized carbons (Fsp3) is 0.346. The van der Waals surface area contributed by atoms with Crippen LogP contribution in [0.1, 0.15) is 42.5 Å². The summed E-state index contributed by atoms with van der Waals surface area (Å²) >= 11 is 0. The summed E-state index contributed by atoms with van der Waals surface area (Å²) in [4.78, 5) is 22.3. The molecule has 9 nitrogen and oxygen atoms in total. The third-order valence-electron chi connectivity index (χ3n) is 6.73. The average Bonchev–Trinajstić information content (AvgIpc) is 3.33. The Morgan fingerprint density at radius 1 is 1.13 bits per heavy atom. The van der Waals surface area contributed by atoms with Crippen molar-refractivity contribution in [2.24, 2.45) is 0 Å². The van der Waals surface area contributed by atoms with E-state index in [4.69, 9.17) is 0 Å². The number of aromatic nitrogens is 5. The second kappa shape index (κ2) is 10.3. The van der Waals surface area contributed by atoms with E-state index in [1.54, 1.807) is 6.20 Å². The molecule has 0 spiro atoms. The van der Waals surface area contributed by atoms with Crippen LogP contribution in [0.2, 0.25) is 0 Å². The van der Waals surface area contributed by atoms with Gasteiger partial charge in [-0.2, -0.15) is 18.4 Å². The second-order valence-corrected chi connectivity index (χ2v) is 9.45. The summed E-state index contributed by atoms with van der Waals surface area (Å²) in [5.41, 5.74) is 0.955. The van der Waals surface area contributed by atoms with Gasteiger partial charge in [-0.15, -0.1) is 0 Å². The van der Waals surface area contributed by atoms with Crippen LogP contribution in [0, 0.1) is 11.3 Å². The highest BCUT2D eigenvalue weighted by molar-refractivity contribution is 5.94. The van der Waals surface area contributed by atoms with E-state index >= 15 is 0 Å². The quantitative estimate of drug-likeness (QED) is 0.325. The molecular formula is C26H26F3N9. The zero-order valence-electron chi connectivity index (χ0n) is 20.8. The lowest BCUT2D eigenvalue weighted by atomic mass is 10.1. The number of H-pyrrole nitrogens is 1. The fourth-order valence-corrected chi connectivity index (χ4v) is 4.48. The zero-order chi connectivity index (χ0) is 26.9. The topological polar surface area (TPSA) is 118 Å². The van der Waals surface area contributed by atoms with Gasteiger partial charge in [0.15, 0.2) is 0 Å². The summed E-state index contributed by atoms with van der Waals surface area (Å²) in [6.45, 7) is 4.04. The number of pyridine rings is 2. The lowest BCUT2D eigenvalue weighted by molar-refractivity contribution is -0.137. The molecule has 0 radical (unpaired) electrons. The Labute approximate surface area is 217 Å². The van der Waals surface area contributed by atoms with Crippen molar-refractivity contribution >= 4 is 22.8 Å². The smallest absolute Gasteiger partial charge is 0.367 e. The van der Waals surface area contributed by atoms with Gasteiger partial charge in [-0.1, -0.05) is 6.07 Å². The molecule has 4 aromatic rings. The van der Waals surface area contributed by atoms with E-state index in [1.807, 2.05) is 25.1 Å². The van der Waals surface area contributed by atoms with Gasteiger partial charge in [0, 0.05) is 35.6 Å². The first-order chi connectivity index (χ1) is 18.2. The van der Waals surface area contributed by atoms with E-state index in [0.717, 1.165) is 49.6 Å². The maximum atomic E-state index is 13.3. The number of aromatic amines is 1. The highest BCUT2D eigenvalue weighted by Gasteiger charge is 2.31. The number of halogens is 3. The van der Waals surface area contributed by atoms with Crippen LogP contribution in [0.25, 0.3) is 22.3 Å². The number of nitriles is 1. The summed E-state index contributed by atoms with van der Waals surface area (Å²) in [5.74, 6) is 1.05.